The zero-order valence-electron chi connectivity index (χ0n) is 24.8. The minimum Gasteiger partial charge on any atom is -0.390 e. The molecule has 212 valence electrons. The van der Waals surface area contributed by atoms with Gasteiger partial charge in [-0.05, 0) is 105 Å². The number of aliphatic hydroxyl groups is 1. The average molecular weight is 515 g/mol. The quantitative estimate of drug-likeness (QED) is 0.236. The van der Waals surface area contributed by atoms with E-state index in [1.54, 1.807) is 0 Å². The van der Waals surface area contributed by atoms with E-state index in [0.29, 0.717) is 23.5 Å². The van der Waals surface area contributed by atoms with Crippen LogP contribution in [0, 0.1) is 34.5 Å². The fourth-order valence-electron chi connectivity index (χ4n) is 9.29. The van der Waals surface area contributed by atoms with E-state index in [1.165, 1.54) is 89.0 Å². The largest absolute Gasteiger partial charge is 0.390 e. The monoisotopic (exact) mass is 514 g/mol. The van der Waals surface area contributed by atoms with Gasteiger partial charge >= 0.3 is 0 Å². The van der Waals surface area contributed by atoms with Gasteiger partial charge in [-0.15, -0.1) is 0 Å². The van der Waals surface area contributed by atoms with E-state index in [-0.39, 0.29) is 10.8 Å². The van der Waals surface area contributed by atoms with Crippen molar-refractivity contribution < 1.29 is 14.6 Å². The minimum absolute atomic E-state index is 0.0637. The van der Waals surface area contributed by atoms with Gasteiger partial charge in [0, 0.05) is 19.6 Å². The van der Waals surface area contributed by atoms with Crippen molar-refractivity contribution in [3.05, 3.63) is 11.6 Å². The summed E-state index contributed by atoms with van der Waals surface area (Å²) in [6.07, 6.45) is 23.9. The maximum Gasteiger partial charge on any atom is 0.155 e. The highest BCUT2D eigenvalue weighted by atomic mass is 16.5. The summed E-state index contributed by atoms with van der Waals surface area (Å²) in [6.45, 7) is 11.1. The van der Waals surface area contributed by atoms with Crippen molar-refractivity contribution in [2.45, 2.75) is 149 Å². The van der Waals surface area contributed by atoms with Crippen LogP contribution in [0.3, 0.4) is 0 Å². The molecule has 3 heteroatoms. The topological polar surface area (TPSA) is 46.5 Å². The van der Waals surface area contributed by atoms with Crippen LogP contribution in [0.1, 0.15) is 143 Å². The molecule has 0 aliphatic heterocycles. The highest BCUT2D eigenvalue weighted by Gasteiger charge is 2.64. The van der Waals surface area contributed by atoms with Gasteiger partial charge in [-0.25, -0.2) is 0 Å². The van der Waals surface area contributed by atoms with E-state index >= 15 is 0 Å². The Hall–Kier alpha value is -0.670. The third kappa shape index (κ3) is 6.24. The molecule has 37 heavy (non-hydrogen) atoms. The van der Waals surface area contributed by atoms with Crippen molar-refractivity contribution in [2.75, 3.05) is 13.2 Å². The van der Waals surface area contributed by atoms with Crippen molar-refractivity contribution in [3.8, 4) is 0 Å². The molecule has 1 N–H and O–H groups in total. The molecule has 0 bridgehead atoms. The highest BCUT2D eigenvalue weighted by Crippen LogP contribution is 2.69. The summed E-state index contributed by atoms with van der Waals surface area (Å²) in [4.78, 5) is 12.4. The third-order valence-corrected chi connectivity index (χ3v) is 12.0. The van der Waals surface area contributed by atoms with Crippen LogP contribution < -0.4 is 0 Å². The first kappa shape index (κ1) is 29.3. The van der Waals surface area contributed by atoms with Crippen LogP contribution in [0.4, 0.5) is 0 Å². The third-order valence-electron chi connectivity index (χ3n) is 12.0. The summed E-state index contributed by atoms with van der Waals surface area (Å²) in [5.41, 5.74) is 1.24. The van der Waals surface area contributed by atoms with Gasteiger partial charge in [0.2, 0.25) is 0 Å². The first-order valence-electron chi connectivity index (χ1n) is 16.3. The maximum atomic E-state index is 12.4. The number of ether oxygens (including phenoxy) is 1. The molecule has 4 aliphatic carbocycles. The molecule has 0 aromatic heterocycles. The molecule has 0 amide bonds. The second kappa shape index (κ2) is 12.7. The van der Waals surface area contributed by atoms with Gasteiger partial charge < -0.3 is 9.84 Å². The van der Waals surface area contributed by atoms with Crippen LogP contribution in [-0.2, 0) is 9.53 Å². The molecule has 7 atom stereocenters. The lowest BCUT2D eigenvalue weighted by molar-refractivity contribution is -0.135. The number of unbranched alkanes of at least 4 members (excludes halogenated alkanes) is 8. The van der Waals surface area contributed by atoms with E-state index in [1.807, 2.05) is 0 Å². The number of carbonyl (C=O) groups is 1. The molecule has 3 nitrogen and oxygen atoms in total. The van der Waals surface area contributed by atoms with E-state index < -0.39 is 5.60 Å². The number of carbonyl (C=O) groups excluding carboxylic acids is 1. The average Bonchev–Trinajstić information content (AvgIpc) is 3.11. The zero-order chi connectivity index (χ0) is 26.5. The van der Waals surface area contributed by atoms with E-state index in [2.05, 4.69) is 33.8 Å². The fraction of sp³-hybridized carbons (Fsp3) is 0.912. The van der Waals surface area contributed by atoms with Crippen LogP contribution in [0.15, 0.2) is 11.6 Å². The molecule has 3 saturated carbocycles. The van der Waals surface area contributed by atoms with Crippen LogP contribution in [0.25, 0.3) is 0 Å². The molecule has 0 aromatic rings. The number of fused-ring (bicyclic) bond motifs is 5. The maximum absolute atomic E-state index is 12.4. The van der Waals surface area contributed by atoms with E-state index in [9.17, 15) is 9.90 Å². The number of hydrogen-bond donors (Lipinski definition) is 1. The molecule has 0 radical (unpaired) electrons. The summed E-state index contributed by atoms with van der Waals surface area (Å²) in [7, 11) is 0. The summed E-state index contributed by atoms with van der Waals surface area (Å²) in [6, 6.07) is 0. The van der Waals surface area contributed by atoms with Crippen LogP contribution in [0.5, 0.6) is 0 Å². The second-order valence-electron chi connectivity index (χ2n) is 14.2. The Kier molecular flexibility index (Phi) is 10.0. The summed E-state index contributed by atoms with van der Waals surface area (Å²) in [5, 5.41) is 11.4. The molecule has 4 rings (SSSR count). The van der Waals surface area contributed by atoms with Gasteiger partial charge in [0.15, 0.2) is 5.78 Å². The molecule has 0 aromatic carbocycles. The normalized spacial score (nSPS) is 39.2. The number of ketones is 1. The zero-order valence-corrected chi connectivity index (χ0v) is 24.8. The van der Waals surface area contributed by atoms with Crippen molar-refractivity contribution in [2.24, 2.45) is 34.5 Å². The second-order valence-corrected chi connectivity index (χ2v) is 14.2. The van der Waals surface area contributed by atoms with Crippen molar-refractivity contribution in [1.29, 1.82) is 0 Å². The van der Waals surface area contributed by atoms with Gasteiger partial charge in [-0.3, -0.25) is 4.79 Å². The van der Waals surface area contributed by atoms with E-state index in [0.717, 1.165) is 51.2 Å². The Balaban J connectivity index is 1.27. The molecule has 0 unspecified atom stereocenters. The molecular weight excluding hydrogens is 456 g/mol. The standard InChI is InChI=1S/C34H58O3/c1-5-6-13-22-37-23-14-11-9-7-8-10-12-15-26-24-27-25-28(35)16-19-32(27,2)29-17-20-33(3)30(31(26)29)18-21-34(33,4)36/h25-26,29-31,36H,5-24H2,1-4H3/t26-,29+,30+,31-,32+,33+,34+/m1/s1. The first-order chi connectivity index (χ1) is 17.7. The molecule has 3 fully saturated rings. The Labute approximate surface area is 228 Å². The first-order valence-corrected chi connectivity index (χ1v) is 16.3. The molecule has 0 saturated heterocycles. The number of rotatable bonds is 14. The number of hydrogen-bond acceptors (Lipinski definition) is 3. The van der Waals surface area contributed by atoms with Crippen molar-refractivity contribution in [1.82, 2.24) is 0 Å². The van der Waals surface area contributed by atoms with Crippen LogP contribution in [0.2, 0.25) is 0 Å². The van der Waals surface area contributed by atoms with Gasteiger partial charge in [0.1, 0.15) is 0 Å². The fourth-order valence-corrected chi connectivity index (χ4v) is 9.29. The molecule has 4 aliphatic rings. The van der Waals surface area contributed by atoms with Gasteiger partial charge in [-0.1, -0.05) is 77.7 Å². The Morgan fingerprint density at radius 3 is 2.24 bits per heavy atom. The summed E-state index contributed by atoms with van der Waals surface area (Å²) in [5.74, 6) is 3.12. The number of allylic oxidation sites excluding steroid dienone is 1. The SMILES string of the molecule is CCCCCOCCCCCCCCC[C@@H]1CC2=CC(=O)CC[C@]2(C)[C@H]2CC[C@@]3(C)[C@@H](CC[C@]3(C)O)[C@H]12. The Morgan fingerprint density at radius 2 is 1.51 bits per heavy atom. The molecular formula is C34H58O3. The van der Waals surface area contributed by atoms with Crippen LogP contribution in [-0.4, -0.2) is 29.7 Å². The van der Waals surface area contributed by atoms with Crippen molar-refractivity contribution >= 4 is 5.78 Å². The predicted molar refractivity (Wildman–Crippen MR) is 153 cm³/mol. The highest BCUT2D eigenvalue weighted by molar-refractivity contribution is 5.91. The van der Waals surface area contributed by atoms with E-state index in [4.69, 9.17) is 4.74 Å². The summed E-state index contributed by atoms with van der Waals surface area (Å²) >= 11 is 0. The lowest BCUT2D eigenvalue weighted by Crippen LogP contribution is -2.56. The van der Waals surface area contributed by atoms with Gasteiger partial charge in [0.25, 0.3) is 0 Å². The minimum atomic E-state index is -0.521. The smallest absolute Gasteiger partial charge is 0.155 e. The summed E-state index contributed by atoms with van der Waals surface area (Å²) < 4.78 is 5.75. The Morgan fingerprint density at radius 1 is 0.865 bits per heavy atom. The lowest BCUT2D eigenvalue weighted by atomic mass is 9.44. The van der Waals surface area contributed by atoms with Gasteiger partial charge in [0.05, 0.1) is 5.60 Å². The van der Waals surface area contributed by atoms with Crippen LogP contribution >= 0.6 is 0 Å². The van der Waals surface area contributed by atoms with Crippen molar-refractivity contribution in [3.63, 3.8) is 0 Å². The lowest BCUT2D eigenvalue weighted by Gasteiger charge is -2.61. The molecule has 0 spiro atoms. The molecule has 0 heterocycles. The predicted octanol–water partition coefficient (Wildman–Crippen LogP) is 8.82. The van der Waals surface area contributed by atoms with Gasteiger partial charge in [-0.2, -0.15) is 0 Å². The Bertz CT molecular complexity index is 784.